The van der Waals surface area contributed by atoms with Crippen molar-refractivity contribution in [1.82, 2.24) is 43.6 Å². The largest absolute Gasteiger partial charge is 0.494 e. The number of benzene rings is 3. The van der Waals surface area contributed by atoms with Crippen LogP contribution in [0, 0.1) is 27.7 Å². The van der Waals surface area contributed by atoms with E-state index in [0.717, 1.165) is 77.3 Å². The van der Waals surface area contributed by atoms with E-state index < -0.39 is 5.50 Å². The minimum Gasteiger partial charge on any atom is -0.494 e. The van der Waals surface area contributed by atoms with Gasteiger partial charge in [-0.25, -0.2) is 15.0 Å². The summed E-state index contributed by atoms with van der Waals surface area (Å²) in [7, 11) is 5.49. The molecule has 1 aliphatic rings. The molecule has 8 aromatic rings. The number of anilines is 1. The van der Waals surface area contributed by atoms with Crippen molar-refractivity contribution in [2.24, 2.45) is 14.1 Å². The third kappa shape index (κ3) is 6.38. The van der Waals surface area contributed by atoms with Crippen LogP contribution in [0.15, 0.2) is 73.4 Å². The molecule has 60 heavy (non-hydrogen) atoms. The van der Waals surface area contributed by atoms with Crippen LogP contribution in [-0.4, -0.2) is 68.8 Å². The van der Waals surface area contributed by atoms with E-state index >= 15 is 4.79 Å². The standard InChI is InChI=1S/C45H44Cl2N10O3/c1-24-17-30(18-25(2)39(24)46)60-16-10-13-33-32-11-9-12-34(38-26(3)51-54(7)27(38)4)40(32)56-28(5)42(47)57(44(58)41(33)56)37-22-53(6)36-15-14-29(19-35(36)37)43-50-23-55(52-43)45-48-20-31(59-8)21-49-45/h9,11-12,14-15,17-23,28,42H,10,13,16H2,1-8H3/t28?,42-/m0/s1. The lowest BCUT2D eigenvalue weighted by Gasteiger charge is -2.38. The molecular formula is C45H44Cl2N10O3. The van der Waals surface area contributed by atoms with Gasteiger partial charge in [-0.2, -0.15) is 9.78 Å². The molecule has 0 fully saturated rings. The van der Waals surface area contributed by atoms with E-state index in [0.29, 0.717) is 48.4 Å². The Bertz CT molecular complexity index is 2960. The number of halogens is 2. The van der Waals surface area contributed by atoms with E-state index in [9.17, 15) is 0 Å². The zero-order chi connectivity index (χ0) is 42.1. The average Bonchev–Trinajstić information content (AvgIpc) is 4.00. The molecule has 0 aliphatic carbocycles. The molecule has 0 spiro atoms. The van der Waals surface area contributed by atoms with Crippen LogP contribution in [0.25, 0.3) is 50.3 Å². The minimum absolute atomic E-state index is 0.174. The Balaban J connectivity index is 1.14. The molecule has 6 heterocycles. The minimum atomic E-state index is -0.726. The number of rotatable bonds is 10. The molecule has 0 saturated heterocycles. The van der Waals surface area contributed by atoms with Gasteiger partial charge in [0.25, 0.3) is 11.9 Å². The number of alkyl halides is 1. The van der Waals surface area contributed by atoms with E-state index in [-0.39, 0.29) is 11.9 Å². The van der Waals surface area contributed by atoms with Crippen LogP contribution in [0.3, 0.4) is 0 Å². The van der Waals surface area contributed by atoms with Crippen molar-refractivity contribution < 1.29 is 14.3 Å². The highest BCUT2D eigenvalue weighted by atomic mass is 35.5. The molecule has 0 bridgehead atoms. The fourth-order valence-electron chi connectivity index (χ4n) is 8.65. The summed E-state index contributed by atoms with van der Waals surface area (Å²) in [4.78, 5) is 30.4. The fraction of sp³-hybridized carbons (Fsp3) is 0.289. The second kappa shape index (κ2) is 15.1. The lowest BCUT2D eigenvalue weighted by molar-refractivity contribution is 0.0951. The fourth-order valence-corrected chi connectivity index (χ4v) is 9.07. The van der Waals surface area contributed by atoms with Crippen LogP contribution in [0.5, 0.6) is 11.5 Å². The summed E-state index contributed by atoms with van der Waals surface area (Å²) in [5, 5.41) is 12.0. The highest BCUT2D eigenvalue weighted by molar-refractivity contribution is 6.32. The molecule has 1 amide bonds. The topological polar surface area (TPSA) is 123 Å². The Morgan fingerprint density at radius 2 is 1.65 bits per heavy atom. The first-order valence-electron chi connectivity index (χ1n) is 19.8. The monoisotopic (exact) mass is 842 g/mol. The summed E-state index contributed by atoms with van der Waals surface area (Å²) < 4.78 is 19.1. The Labute approximate surface area is 357 Å². The molecule has 0 radical (unpaired) electrons. The molecule has 1 aliphatic heterocycles. The van der Waals surface area contributed by atoms with Crippen LogP contribution >= 0.6 is 23.2 Å². The number of hydrogen-bond donors (Lipinski definition) is 0. The third-order valence-electron chi connectivity index (χ3n) is 11.7. The predicted octanol–water partition coefficient (Wildman–Crippen LogP) is 9.26. The van der Waals surface area contributed by atoms with Crippen LogP contribution in [0.2, 0.25) is 5.02 Å². The third-order valence-corrected chi connectivity index (χ3v) is 12.8. The zero-order valence-electron chi connectivity index (χ0n) is 34.7. The molecule has 2 atom stereocenters. The molecular weight excluding hydrogens is 799 g/mol. The van der Waals surface area contributed by atoms with Gasteiger partial charge in [0.15, 0.2) is 11.6 Å². The SMILES string of the molecule is COc1cnc(-n2cnc(-c3ccc4c(c3)c(N3C(=O)c5c(CCCOc6cc(C)c(Cl)c(C)c6)c6cccc(-c7c(C)nn(C)c7C)c6n5C(C)[C@H]3Cl)cn4C)n2)nc1. The van der Waals surface area contributed by atoms with Crippen LogP contribution < -0.4 is 14.4 Å². The molecule has 15 heteroatoms. The van der Waals surface area contributed by atoms with Gasteiger partial charge in [-0.3, -0.25) is 14.4 Å². The second-order valence-electron chi connectivity index (χ2n) is 15.5. The van der Waals surface area contributed by atoms with Crippen molar-refractivity contribution in [3.8, 4) is 40.0 Å². The second-order valence-corrected chi connectivity index (χ2v) is 16.3. The number of hydrogen-bond acceptors (Lipinski definition) is 8. The van der Waals surface area contributed by atoms with Crippen LogP contribution in [0.1, 0.15) is 58.0 Å². The van der Waals surface area contributed by atoms with E-state index in [2.05, 4.69) is 56.7 Å². The van der Waals surface area contributed by atoms with Crippen molar-refractivity contribution >= 4 is 56.6 Å². The Kier molecular flexibility index (Phi) is 9.91. The van der Waals surface area contributed by atoms with Gasteiger partial charge >= 0.3 is 0 Å². The molecule has 13 nitrogen and oxygen atoms in total. The number of aromatic nitrogens is 9. The zero-order valence-corrected chi connectivity index (χ0v) is 36.2. The Hall–Kier alpha value is -6.18. The Morgan fingerprint density at radius 3 is 2.35 bits per heavy atom. The molecule has 306 valence electrons. The number of methoxy groups -OCH3 is 1. The van der Waals surface area contributed by atoms with Gasteiger partial charge in [0.1, 0.15) is 23.3 Å². The number of carbonyl (C=O) groups is 1. The highest BCUT2D eigenvalue weighted by Crippen LogP contribution is 2.46. The average molecular weight is 844 g/mol. The quantitative estimate of drug-likeness (QED) is 0.0759. The van der Waals surface area contributed by atoms with Crippen LogP contribution in [-0.2, 0) is 20.5 Å². The lowest BCUT2D eigenvalue weighted by Crippen LogP contribution is -2.47. The van der Waals surface area contributed by atoms with Gasteiger partial charge in [-0.1, -0.05) is 41.4 Å². The first-order chi connectivity index (χ1) is 28.9. The first kappa shape index (κ1) is 39.3. The maximum absolute atomic E-state index is 15.4. The van der Waals surface area contributed by atoms with Gasteiger partial charge < -0.3 is 18.6 Å². The summed E-state index contributed by atoms with van der Waals surface area (Å²) in [6.07, 6.45) is 7.98. The number of nitrogens with zero attached hydrogens (tertiary/aromatic N) is 10. The smallest absolute Gasteiger partial charge is 0.276 e. The number of para-hydroxylation sites is 1. The summed E-state index contributed by atoms with van der Waals surface area (Å²) in [6, 6.07) is 15.9. The lowest BCUT2D eigenvalue weighted by atomic mass is 9.98. The van der Waals surface area contributed by atoms with Crippen molar-refractivity contribution in [3.63, 3.8) is 0 Å². The summed E-state index contributed by atoms with van der Waals surface area (Å²) in [6.45, 7) is 10.6. The van der Waals surface area contributed by atoms with Crippen LogP contribution in [0.4, 0.5) is 5.69 Å². The van der Waals surface area contributed by atoms with Gasteiger partial charge in [-0.05, 0) is 94.5 Å². The summed E-state index contributed by atoms with van der Waals surface area (Å²) in [5.41, 5.74) is 10.2. The van der Waals surface area contributed by atoms with E-state index in [4.69, 9.17) is 37.8 Å². The van der Waals surface area contributed by atoms with Crippen molar-refractivity contribution in [3.05, 3.63) is 112 Å². The molecule has 1 unspecified atom stereocenters. The first-order valence-corrected chi connectivity index (χ1v) is 20.6. The van der Waals surface area contributed by atoms with Gasteiger partial charge in [-0.15, -0.1) is 5.10 Å². The van der Waals surface area contributed by atoms with E-state index in [1.165, 1.54) is 4.68 Å². The molecule has 0 saturated carbocycles. The normalized spacial score (nSPS) is 15.4. The summed E-state index contributed by atoms with van der Waals surface area (Å²) in [5.74, 6) is 1.98. The van der Waals surface area contributed by atoms with Crippen molar-refractivity contribution in [2.75, 3.05) is 18.6 Å². The van der Waals surface area contributed by atoms with Gasteiger partial charge in [0, 0.05) is 64.0 Å². The number of fused-ring (bicyclic) bond motifs is 4. The molecule has 9 rings (SSSR count). The van der Waals surface area contributed by atoms with E-state index in [1.807, 2.05) is 80.6 Å². The maximum Gasteiger partial charge on any atom is 0.276 e. The number of ether oxygens (including phenoxy) is 2. The van der Waals surface area contributed by atoms with Crippen molar-refractivity contribution in [2.45, 2.75) is 59.0 Å². The Morgan fingerprint density at radius 1 is 0.900 bits per heavy atom. The highest BCUT2D eigenvalue weighted by Gasteiger charge is 2.42. The van der Waals surface area contributed by atoms with Crippen molar-refractivity contribution in [1.29, 1.82) is 0 Å². The maximum atomic E-state index is 15.4. The van der Waals surface area contributed by atoms with E-state index in [1.54, 1.807) is 30.7 Å². The number of amides is 1. The summed E-state index contributed by atoms with van der Waals surface area (Å²) >= 11 is 14.0. The molecule has 3 aromatic carbocycles. The van der Waals surface area contributed by atoms with Gasteiger partial charge in [0.05, 0.1) is 49.1 Å². The molecule has 5 aromatic heterocycles. The number of aryl methyl sites for hydroxylation is 6. The number of carbonyl (C=O) groups excluding carboxylic acids is 1. The molecule has 0 N–H and O–H groups in total. The van der Waals surface area contributed by atoms with Gasteiger partial charge in [0.2, 0.25) is 0 Å². The predicted molar refractivity (Wildman–Crippen MR) is 235 cm³/mol.